The van der Waals surface area contributed by atoms with Crippen LogP contribution in [0.4, 0.5) is 5.69 Å². The molecule has 6 rings (SSSR count). The summed E-state index contributed by atoms with van der Waals surface area (Å²) >= 11 is 1.12. The van der Waals surface area contributed by atoms with Crippen LogP contribution in [0, 0.1) is 20.8 Å². The van der Waals surface area contributed by atoms with Gasteiger partial charge in [0.05, 0.1) is 10.2 Å². The van der Waals surface area contributed by atoms with Crippen LogP contribution < -0.4 is 20.5 Å². The Morgan fingerprint density at radius 3 is 1.67 bits per heavy atom. The van der Waals surface area contributed by atoms with Gasteiger partial charge in [-0.3, -0.25) is 14.4 Å². The number of H-pyrrole nitrogens is 2. The van der Waals surface area contributed by atoms with Gasteiger partial charge in [-0.05, 0) is 61.7 Å². The predicted octanol–water partition coefficient (Wildman–Crippen LogP) is 9.31. The molecule has 0 saturated heterocycles. The number of nitrogens with one attached hydrogen (secondary N) is 3. The summed E-state index contributed by atoms with van der Waals surface area (Å²) < 4.78 is 6.01. The van der Waals surface area contributed by atoms with E-state index in [4.69, 9.17) is 4.74 Å². The number of aromatic hydroxyl groups is 3. The Balaban J connectivity index is 0. The van der Waals surface area contributed by atoms with Gasteiger partial charge in [0.25, 0.3) is 5.91 Å². The van der Waals surface area contributed by atoms with Gasteiger partial charge < -0.3 is 35.3 Å². The van der Waals surface area contributed by atoms with Gasteiger partial charge in [0.2, 0.25) is 5.56 Å². The third-order valence-corrected chi connectivity index (χ3v) is 6.81. The first-order chi connectivity index (χ1) is 23.0. The standard InChI is InChI=1S/C10H9NO2.C9H9NO3.C8H7NO2S.5C2H6/c1-6-2-4-8(12)10-7(6)3-5-9(13)11-10;1-5-2-3-6(11)8-9(5)13-4-7(12)10-8;1-4-2-3-5(10)6-7(4)12-8(11)9-6;5*1-2/h2-5,12H,1H3,(H,11,13);2-3,11H,4H2,1H3,(H,10,12);2-3,10H,1H3,(H,9,11);5*1-2H3. The molecule has 3 heterocycles. The fourth-order valence-corrected chi connectivity index (χ4v) is 4.65. The minimum absolute atomic E-state index is 0.0112. The highest BCUT2D eigenvalue weighted by atomic mass is 32.1. The number of thiazole rings is 1. The molecule has 266 valence electrons. The van der Waals surface area contributed by atoms with Crippen molar-refractivity contribution in [1.82, 2.24) is 9.97 Å². The Hall–Kier alpha value is -4.77. The minimum atomic E-state index is -0.242. The molecule has 0 bridgehead atoms. The van der Waals surface area contributed by atoms with Crippen LogP contribution in [0.25, 0.3) is 21.1 Å². The number of fused-ring (bicyclic) bond motifs is 3. The molecule has 0 radical (unpaired) electrons. The number of benzene rings is 3. The highest BCUT2D eigenvalue weighted by Gasteiger charge is 2.20. The molecular weight excluding hydrogens is 630 g/mol. The molecule has 11 heteroatoms. The Morgan fingerprint density at radius 1 is 0.604 bits per heavy atom. The molecule has 1 amide bonds. The molecule has 3 aromatic carbocycles. The monoisotopic (exact) mass is 685 g/mol. The number of aromatic nitrogens is 2. The molecule has 48 heavy (non-hydrogen) atoms. The second-order valence-electron chi connectivity index (χ2n) is 8.58. The quantitative estimate of drug-likeness (QED) is 0.0884. The number of pyridine rings is 1. The molecule has 0 saturated carbocycles. The normalized spacial score (nSPS) is 10.1. The van der Waals surface area contributed by atoms with Crippen molar-refractivity contribution in [2.24, 2.45) is 0 Å². The molecule has 0 unspecified atom stereocenters. The van der Waals surface area contributed by atoms with Crippen LogP contribution in [0.2, 0.25) is 0 Å². The van der Waals surface area contributed by atoms with Crippen molar-refractivity contribution < 1.29 is 24.9 Å². The minimum Gasteiger partial charge on any atom is -0.506 e. The third-order valence-electron chi connectivity index (χ3n) is 5.79. The van der Waals surface area contributed by atoms with E-state index in [9.17, 15) is 29.7 Å². The molecule has 6 N–H and O–H groups in total. The van der Waals surface area contributed by atoms with E-state index in [-0.39, 0.29) is 40.2 Å². The van der Waals surface area contributed by atoms with Crippen molar-refractivity contribution in [3.05, 3.63) is 85.2 Å². The predicted molar refractivity (Wildman–Crippen MR) is 204 cm³/mol. The van der Waals surface area contributed by atoms with Crippen molar-refractivity contribution in [1.29, 1.82) is 0 Å². The van der Waals surface area contributed by atoms with E-state index in [1.807, 2.05) is 96.1 Å². The lowest BCUT2D eigenvalue weighted by Gasteiger charge is -2.20. The molecule has 1 aliphatic heterocycles. The number of hydrogen-bond acceptors (Lipinski definition) is 8. The smallest absolute Gasteiger partial charge is 0.305 e. The second kappa shape index (κ2) is 24.4. The summed E-state index contributed by atoms with van der Waals surface area (Å²) in [5, 5.41) is 31.6. The van der Waals surface area contributed by atoms with Crippen LogP contribution in [0.15, 0.2) is 58.1 Å². The molecule has 0 aliphatic carbocycles. The van der Waals surface area contributed by atoms with Crippen LogP contribution in [0.3, 0.4) is 0 Å². The van der Waals surface area contributed by atoms with E-state index < -0.39 is 0 Å². The summed E-state index contributed by atoms with van der Waals surface area (Å²) in [5.41, 5.74) is 4.16. The van der Waals surface area contributed by atoms with Gasteiger partial charge >= 0.3 is 4.87 Å². The molecule has 1 aliphatic rings. The maximum absolute atomic E-state index is 11.0. The lowest BCUT2D eigenvalue weighted by Crippen LogP contribution is -2.25. The van der Waals surface area contributed by atoms with Gasteiger partial charge in [-0.2, -0.15) is 0 Å². The molecule has 10 nitrogen and oxygen atoms in total. The maximum atomic E-state index is 11.0. The van der Waals surface area contributed by atoms with E-state index in [2.05, 4.69) is 15.3 Å². The summed E-state index contributed by atoms with van der Waals surface area (Å²) in [5.74, 6) is 0.592. The topological polar surface area (TPSA) is 165 Å². The van der Waals surface area contributed by atoms with Gasteiger partial charge in [0, 0.05) is 11.5 Å². The number of aryl methyl sites for hydroxylation is 3. The molecular formula is C37H55N3O7S. The van der Waals surface area contributed by atoms with Crippen molar-refractivity contribution in [2.45, 2.75) is 90.0 Å². The third kappa shape index (κ3) is 12.8. The fourth-order valence-electron chi connectivity index (χ4n) is 3.83. The molecule has 0 fully saturated rings. The Bertz CT molecular complexity index is 1750. The lowest BCUT2D eigenvalue weighted by molar-refractivity contribution is -0.118. The molecule has 0 atom stereocenters. The van der Waals surface area contributed by atoms with Gasteiger partial charge in [0.1, 0.15) is 34.2 Å². The van der Waals surface area contributed by atoms with E-state index in [1.165, 1.54) is 12.1 Å². The zero-order valence-electron chi connectivity index (χ0n) is 30.7. The van der Waals surface area contributed by atoms with Crippen molar-refractivity contribution in [3.63, 3.8) is 0 Å². The van der Waals surface area contributed by atoms with E-state index in [0.717, 1.165) is 38.1 Å². The van der Waals surface area contributed by atoms with Crippen LogP contribution in [0.5, 0.6) is 23.0 Å². The average molecular weight is 686 g/mol. The first kappa shape index (κ1) is 45.4. The van der Waals surface area contributed by atoms with Gasteiger partial charge in [-0.15, -0.1) is 0 Å². The lowest BCUT2D eigenvalue weighted by atomic mass is 10.1. The number of carbonyl (C=O) groups excluding carboxylic acids is 1. The second-order valence-corrected chi connectivity index (χ2v) is 9.56. The number of rotatable bonds is 0. The number of phenols is 3. The SMILES string of the molecule is CC.CC.CC.CC.CC.Cc1ccc(O)c2[nH]c(=O)ccc12.Cc1ccc(O)c2[nH]c(=O)sc12.Cc1ccc(O)c2c1OCC(=O)N2. The van der Waals surface area contributed by atoms with Crippen LogP contribution in [0.1, 0.15) is 85.9 Å². The highest BCUT2D eigenvalue weighted by Crippen LogP contribution is 2.38. The Labute approximate surface area is 288 Å². The number of carbonyl (C=O) groups is 1. The summed E-state index contributed by atoms with van der Waals surface area (Å²) in [6, 6.07) is 13.2. The number of amides is 1. The number of aromatic amines is 2. The van der Waals surface area contributed by atoms with Crippen molar-refractivity contribution >= 4 is 44.1 Å². The van der Waals surface area contributed by atoms with Crippen molar-refractivity contribution in [3.8, 4) is 23.0 Å². The zero-order chi connectivity index (χ0) is 37.6. The number of ether oxygens (including phenoxy) is 1. The summed E-state index contributed by atoms with van der Waals surface area (Å²) in [6.07, 6.45) is 0. The van der Waals surface area contributed by atoms with E-state index in [0.29, 0.717) is 22.5 Å². The molecule has 2 aromatic heterocycles. The molecule has 5 aromatic rings. The van der Waals surface area contributed by atoms with Gasteiger partial charge in [-0.1, -0.05) is 98.8 Å². The van der Waals surface area contributed by atoms with Crippen molar-refractivity contribution in [2.75, 3.05) is 11.9 Å². The molecule has 0 spiro atoms. The summed E-state index contributed by atoms with van der Waals surface area (Å²) in [6.45, 7) is 25.7. The highest BCUT2D eigenvalue weighted by molar-refractivity contribution is 7.16. The van der Waals surface area contributed by atoms with Gasteiger partial charge in [0.15, 0.2) is 6.61 Å². The number of anilines is 1. The Kier molecular flexibility index (Phi) is 23.1. The average Bonchev–Trinajstić information content (AvgIpc) is 3.54. The van der Waals surface area contributed by atoms with Gasteiger partial charge in [-0.25, -0.2) is 0 Å². The van der Waals surface area contributed by atoms with Crippen LogP contribution in [-0.4, -0.2) is 37.8 Å². The van der Waals surface area contributed by atoms with Crippen LogP contribution in [-0.2, 0) is 4.79 Å². The summed E-state index contributed by atoms with van der Waals surface area (Å²) in [7, 11) is 0. The number of phenolic OH excluding ortho intramolecular Hbond substituents is 3. The van der Waals surface area contributed by atoms with E-state index in [1.54, 1.807) is 30.3 Å². The Morgan fingerprint density at radius 2 is 1.10 bits per heavy atom. The summed E-state index contributed by atoms with van der Waals surface area (Å²) in [4.78, 5) is 37.9. The fraction of sp³-hybridized carbons (Fsp3) is 0.378. The largest absolute Gasteiger partial charge is 0.506 e. The first-order valence-corrected chi connectivity index (χ1v) is 17.2. The van der Waals surface area contributed by atoms with Crippen LogP contribution >= 0.6 is 11.3 Å². The number of hydrogen-bond donors (Lipinski definition) is 6. The maximum Gasteiger partial charge on any atom is 0.305 e. The first-order valence-electron chi connectivity index (χ1n) is 16.4. The zero-order valence-corrected chi connectivity index (χ0v) is 31.5. The van der Waals surface area contributed by atoms with E-state index >= 15 is 0 Å².